The Morgan fingerprint density at radius 3 is 2.67 bits per heavy atom. The topological polar surface area (TPSA) is 39.9 Å². The van der Waals surface area contributed by atoms with Crippen LogP contribution in [0.1, 0.15) is 32.3 Å². The fraction of sp³-hybridized carbons (Fsp3) is 0.467. The second kappa shape index (κ2) is 7.25. The molecule has 0 aliphatic rings. The lowest BCUT2D eigenvalue weighted by atomic mass is 9.90. The molecule has 1 aromatic heterocycles. The van der Waals surface area contributed by atoms with Crippen LogP contribution in [0.15, 0.2) is 30.9 Å². The molecule has 2 aromatic rings. The predicted molar refractivity (Wildman–Crippen MR) is 84.7 cm³/mol. The first-order chi connectivity index (χ1) is 10.1. The van der Waals surface area contributed by atoms with Gasteiger partial charge in [-0.15, -0.1) is 0 Å². The molecule has 6 heteroatoms. The molecule has 0 saturated carbocycles. The smallest absolute Gasteiger partial charge is 0.137 e. The van der Waals surface area contributed by atoms with Crippen LogP contribution in [0.4, 0.5) is 0 Å². The maximum atomic E-state index is 6.40. The molecule has 0 radical (unpaired) electrons. The maximum Gasteiger partial charge on any atom is 0.137 e. The molecule has 0 aliphatic heterocycles. The van der Waals surface area contributed by atoms with Crippen molar-refractivity contribution in [2.24, 2.45) is 0 Å². The Balaban J connectivity index is 2.42. The largest absolute Gasteiger partial charge is 0.368 e. The fourth-order valence-electron chi connectivity index (χ4n) is 2.35. The van der Waals surface area contributed by atoms with Crippen molar-refractivity contribution in [3.63, 3.8) is 0 Å². The molecule has 114 valence electrons. The first kappa shape index (κ1) is 16.3. The summed E-state index contributed by atoms with van der Waals surface area (Å²) in [5.74, 6) is 0. The molecule has 1 unspecified atom stereocenters. The molecule has 0 spiro atoms. The Labute approximate surface area is 135 Å². The molecule has 1 atom stereocenters. The highest BCUT2D eigenvalue weighted by atomic mass is 35.5. The monoisotopic (exact) mass is 327 g/mol. The molecule has 0 fully saturated rings. The van der Waals surface area contributed by atoms with Crippen molar-refractivity contribution in [2.75, 3.05) is 6.61 Å². The summed E-state index contributed by atoms with van der Waals surface area (Å²) in [7, 11) is 0. The molecule has 0 N–H and O–H groups in total. The number of benzene rings is 1. The zero-order valence-electron chi connectivity index (χ0n) is 12.2. The summed E-state index contributed by atoms with van der Waals surface area (Å²) in [5.41, 5.74) is 0.394. The Hall–Kier alpha value is -1.10. The maximum absolute atomic E-state index is 6.40. The van der Waals surface area contributed by atoms with Crippen molar-refractivity contribution in [3.05, 3.63) is 46.5 Å². The van der Waals surface area contributed by atoms with Crippen molar-refractivity contribution >= 4 is 23.2 Å². The summed E-state index contributed by atoms with van der Waals surface area (Å²) in [6, 6.07) is 5.52. The Morgan fingerprint density at radius 2 is 2.10 bits per heavy atom. The average Bonchev–Trinajstić information content (AvgIpc) is 2.96. The molecular weight excluding hydrogens is 309 g/mol. The fourth-order valence-corrected chi connectivity index (χ4v) is 2.93. The first-order valence-corrected chi connectivity index (χ1v) is 7.79. The summed E-state index contributed by atoms with van der Waals surface area (Å²) in [6.07, 6.45) is 4.91. The molecule has 0 aliphatic carbocycles. The highest BCUT2D eigenvalue weighted by Gasteiger charge is 2.34. The van der Waals surface area contributed by atoms with E-state index in [1.165, 1.54) is 6.33 Å². The number of nitrogens with zero attached hydrogens (tertiary/aromatic N) is 3. The lowest BCUT2D eigenvalue weighted by molar-refractivity contribution is -0.0681. The van der Waals surface area contributed by atoms with Crippen LogP contribution in [0.5, 0.6) is 0 Å². The lowest BCUT2D eigenvalue weighted by Crippen LogP contribution is -2.35. The van der Waals surface area contributed by atoms with Gasteiger partial charge in [0.05, 0.1) is 6.54 Å². The summed E-state index contributed by atoms with van der Waals surface area (Å²) < 4.78 is 7.96. The van der Waals surface area contributed by atoms with Gasteiger partial charge in [0.15, 0.2) is 0 Å². The minimum absolute atomic E-state index is 0.536. The van der Waals surface area contributed by atoms with E-state index in [2.05, 4.69) is 23.9 Å². The molecule has 4 nitrogen and oxygen atoms in total. The van der Waals surface area contributed by atoms with Gasteiger partial charge in [-0.3, -0.25) is 0 Å². The molecule has 1 aromatic carbocycles. The van der Waals surface area contributed by atoms with Crippen LogP contribution in [0.3, 0.4) is 0 Å². The van der Waals surface area contributed by atoms with Crippen molar-refractivity contribution < 1.29 is 4.74 Å². The first-order valence-electron chi connectivity index (χ1n) is 7.03. The third-order valence-corrected chi connectivity index (χ3v) is 4.01. The Morgan fingerprint density at radius 1 is 1.29 bits per heavy atom. The van der Waals surface area contributed by atoms with E-state index in [9.17, 15) is 0 Å². The second-order valence-corrected chi connectivity index (χ2v) is 5.76. The third kappa shape index (κ3) is 3.76. The standard InChI is InChI=1S/C15H19Cl2N3O/c1-3-7-21-15(4-2,9-20-11-18-10-19-20)13-6-5-12(16)8-14(13)17/h5-6,8,10-11H,3-4,7,9H2,1-2H3. The van der Waals surface area contributed by atoms with Crippen LogP contribution in [-0.2, 0) is 16.9 Å². The third-order valence-electron chi connectivity index (χ3n) is 3.46. The highest BCUT2D eigenvalue weighted by Crippen LogP contribution is 2.37. The SMILES string of the molecule is CCCOC(CC)(Cn1cncn1)c1ccc(Cl)cc1Cl. The van der Waals surface area contributed by atoms with Gasteiger partial charge in [0.2, 0.25) is 0 Å². The van der Waals surface area contributed by atoms with Gasteiger partial charge in [-0.2, -0.15) is 5.10 Å². The minimum atomic E-state index is -0.536. The molecule has 1 heterocycles. The van der Waals surface area contributed by atoms with E-state index in [1.54, 1.807) is 17.1 Å². The Bertz CT molecular complexity index is 574. The average molecular weight is 328 g/mol. The van der Waals surface area contributed by atoms with Crippen LogP contribution >= 0.6 is 23.2 Å². The van der Waals surface area contributed by atoms with Crippen LogP contribution in [0.25, 0.3) is 0 Å². The molecule has 0 saturated heterocycles. The number of rotatable bonds is 7. The number of ether oxygens (including phenoxy) is 1. The summed E-state index contributed by atoms with van der Waals surface area (Å²) in [4.78, 5) is 3.99. The van der Waals surface area contributed by atoms with E-state index in [0.717, 1.165) is 18.4 Å². The summed E-state index contributed by atoms with van der Waals surface area (Å²) >= 11 is 12.4. The van der Waals surface area contributed by atoms with Crippen LogP contribution < -0.4 is 0 Å². The van der Waals surface area contributed by atoms with Gasteiger partial charge < -0.3 is 4.74 Å². The predicted octanol–water partition coefficient (Wildman–Crippen LogP) is 4.32. The van der Waals surface area contributed by atoms with Gasteiger partial charge in [0.25, 0.3) is 0 Å². The second-order valence-electron chi connectivity index (χ2n) is 4.91. The van der Waals surface area contributed by atoms with Crippen LogP contribution in [0.2, 0.25) is 10.0 Å². The zero-order chi connectivity index (χ0) is 15.3. The van der Waals surface area contributed by atoms with Gasteiger partial charge in [-0.05, 0) is 25.0 Å². The van der Waals surface area contributed by atoms with E-state index < -0.39 is 5.60 Å². The Kier molecular flexibility index (Phi) is 5.62. The van der Waals surface area contributed by atoms with Gasteiger partial charge in [-0.1, -0.05) is 43.1 Å². The number of hydrogen-bond donors (Lipinski definition) is 0. The quantitative estimate of drug-likeness (QED) is 0.760. The van der Waals surface area contributed by atoms with Gasteiger partial charge >= 0.3 is 0 Å². The van der Waals surface area contributed by atoms with Crippen molar-refractivity contribution in [1.82, 2.24) is 14.8 Å². The van der Waals surface area contributed by atoms with Crippen LogP contribution in [-0.4, -0.2) is 21.4 Å². The number of halogens is 2. The summed E-state index contributed by atoms with van der Waals surface area (Å²) in [5, 5.41) is 5.41. The van der Waals surface area contributed by atoms with E-state index in [4.69, 9.17) is 27.9 Å². The van der Waals surface area contributed by atoms with Gasteiger partial charge in [-0.25, -0.2) is 9.67 Å². The van der Waals surface area contributed by atoms with E-state index >= 15 is 0 Å². The highest BCUT2D eigenvalue weighted by molar-refractivity contribution is 6.35. The molecule has 21 heavy (non-hydrogen) atoms. The lowest BCUT2D eigenvalue weighted by Gasteiger charge is -2.34. The molecule has 0 bridgehead atoms. The zero-order valence-corrected chi connectivity index (χ0v) is 13.7. The van der Waals surface area contributed by atoms with E-state index in [-0.39, 0.29) is 0 Å². The molecule has 0 amide bonds. The van der Waals surface area contributed by atoms with E-state index in [0.29, 0.717) is 23.2 Å². The van der Waals surface area contributed by atoms with Gasteiger partial charge in [0.1, 0.15) is 18.3 Å². The van der Waals surface area contributed by atoms with Crippen molar-refractivity contribution in [2.45, 2.75) is 38.8 Å². The summed E-state index contributed by atoms with van der Waals surface area (Å²) in [6.45, 7) is 5.38. The normalized spacial score (nSPS) is 14.1. The van der Waals surface area contributed by atoms with Crippen LogP contribution in [0, 0.1) is 0 Å². The number of aromatic nitrogens is 3. The van der Waals surface area contributed by atoms with Crippen molar-refractivity contribution in [1.29, 1.82) is 0 Å². The minimum Gasteiger partial charge on any atom is -0.368 e. The molecular formula is C15H19Cl2N3O. The molecule has 2 rings (SSSR count). The van der Waals surface area contributed by atoms with Crippen molar-refractivity contribution in [3.8, 4) is 0 Å². The number of hydrogen-bond acceptors (Lipinski definition) is 3. The van der Waals surface area contributed by atoms with E-state index in [1.807, 2.05) is 12.1 Å². The van der Waals surface area contributed by atoms with Gasteiger partial charge in [0, 0.05) is 22.2 Å².